The number of rotatable bonds is 2. The fourth-order valence-electron chi connectivity index (χ4n) is 3.35. The van der Waals surface area contributed by atoms with Gasteiger partial charge in [-0.15, -0.1) is 0 Å². The summed E-state index contributed by atoms with van der Waals surface area (Å²) in [6.45, 7) is 0. The number of nitrogens with zero attached hydrogens (tertiary/aromatic N) is 2. The first-order chi connectivity index (χ1) is 13.0. The number of fused-ring (bicyclic) bond motifs is 2. The number of anilines is 2. The summed E-state index contributed by atoms with van der Waals surface area (Å²) in [6, 6.07) is 9.67. The summed E-state index contributed by atoms with van der Waals surface area (Å²) in [5.74, 6) is -0.242. The first-order valence-corrected chi connectivity index (χ1v) is 8.31. The number of non-ortho nitro benzene ring substituents is 1. The van der Waals surface area contributed by atoms with E-state index in [1.54, 1.807) is 12.1 Å². The minimum Gasteiger partial charge on any atom is -0.316 e. The number of aromatic nitrogens is 2. The summed E-state index contributed by atoms with van der Waals surface area (Å²) in [5, 5.41) is 11.4. The largest absolute Gasteiger partial charge is 0.316 e. The van der Waals surface area contributed by atoms with Crippen molar-refractivity contribution in [1.29, 1.82) is 0 Å². The first kappa shape index (κ1) is 16.7. The molecule has 9 nitrogen and oxygen atoms in total. The topological polar surface area (TPSA) is 129 Å². The smallest absolute Gasteiger partial charge is 0.314 e. The van der Waals surface area contributed by atoms with Crippen molar-refractivity contribution in [3.8, 4) is 0 Å². The number of nitrogens with one attached hydrogen (secondary N) is 2. The standard InChI is InChI=1S/C18H14N4O5/c23-15-7-3-5-10-4-1-2-6-13(10)21(15)14-9-11(22(26)27)8-12-16(14)20-18(25)17(24)19-12/h1-2,4,6,8-9H,3,5,7H2,(H,19,24)(H,20,25). The molecule has 0 fully saturated rings. The first-order valence-electron chi connectivity index (χ1n) is 8.31. The van der Waals surface area contributed by atoms with E-state index < -0.39 is 16.0 Å². The predicted molar refractivity (Wildman–Crippen MR) is 98.4 cm³/mol. The summed E-state index contributed by atoms with van der Waals surface area (Å²) in [5.41, 5.74) is -0.177. The number of hydrogen-bond acceptors (Lipinski definition) is 5. The van der Waals surface area contributed by atoms with E-state index in [0.29, 0.717) is 18.5 Å². The number of para-hydroxylation sites is 1. The average molecular weight is 366 g/mol. The molecule has 3 aromatic rings. The maximum absolute atomic E-state index is 12.8. The molecule has 0 aliphatic carbocycles. The van der Waals surface area contributed by atoms with Gasteiger partial charge in [0, 0.05) is 18.6 Å². The van der Waals surface area contributed by atoms with E-state index in [4.69, 9.17) is 0 Å². The molecule has 0 atom stereocenters. The zero-order valence-corrected chi connectivity index (χ0v) is 14.0. The van der Waals surface area contributed by atoms with Crippen LogP contribution in [0, 0.1) is 10.1 Å². The Bertz CT molecular complexity index is 1210. The highest BCUT2D eigenvalue weighted by molar-refractivity contribution is 6.08. The van der Waals surface area contributed by atoms with Crippen molar-refractivity contribution < 1.29 is 9.72 Å². The molecular weight excluding hydrogens is 352 g/mol. The number of carbonyl (C=O) groups is 1. The van der Waals surface area contributed by atoms with Gasteiger partial charge in [0.15, 0.2) is 0 Å². The normalized spacial score (nSPS) is 14.1. The molecule has 1 aliphatic rings. The van der Waals surface area contributed by atoms with Crippen LogP contribution in [0.25, 0.3) is 11.0 Å². The van der Waals surface area contributed by atoms with E-state index in [9.17, 15) is 24.5 Å². The molecule has 2 aromatic carbocycles. The van der Waals surface area contributed by atoms with Crippen LogP contribution >= 0.6 is 0 Å². The van der Waals surface area contributed by atoms with Crippen molar-refractivity contribution in [3.05, 3.63) is 72.8 Å². The Morgan fingerprint density at radius 2 is 1.70 bits per heavy atom. The molecule has 0 saturated heterocycles. The summed E-state index contributed by atoms with van der Waals surface area (Å²) >= 11 is 0. The van der Waals surface area contributed by atoms with Gasteiger partial charge < -0.3 is 9.97 Å². The molecule has 0 spiro atoms. The number of benzene rings is 2. The van der Waals surface area contributed by atoms with Gasteiger partial charge in [0.25, 0.3) is 5.69 Å². The van der Waals surface area contributed by atoms with E-state index in [1.807, 2.05) is 12.1 Å². The van der Waals surface area contributed by atoms with Crippen LogP contribution in [0.1, 0.15) is 18.4 Å². The maximum atomic E-state index is 12.8. The Morgan fingerprint density at radius 3 is 2.48 bits per heavy atom. The molecule has 27 heavy (non-hydrogen) atoms. The van der Waals surface area contributed by atoms with Crippen molar-refractivity contribution in [2.45, 2.75) is 19.3 Å². The Hall–Kier alpha value is -3.75. The minimum absolute atomic E-state index is 0.0818. The zero-order chi connectivity index (χ0) is 19.1. The molecule has 1 aliphatic heterocycles. The van der Waals surface area contributed by atoms with Crippen LogP contribution in [0.2, 0.25) is 0 Å². The van der Waals surface area contributed by atoms with Crippen molar-refractivity contribution in [1.82, 2.24) is 9.97 Å². The maximum Gasteiger partial charge on any atom is 0.314 e. The van der Waals surface area contributed by atoms with Gasteiger partial charge in [0.05, 0.1) is 27.3 Å². The minimum atomic E-state index is -0.920. The fraction of sp³-hybridized carbons (Fsp3) is 0.167. The van der Waals surface area contributed by atoms with Crippen LogP contribution in [-0.4, -0.2) is 20.8 Å². The van der Waals surface area contributed by atoms with E-state index >= 15 is 0 Å². The Labute approximate surface area is 151 Å². The second-order valence-corrected chi connectivity index (χ2v) is 6.26. The molecule has 2 N–H and O–H groups in total. The Balaban J connectivity index is 2.09. The second kappa shape index (κ2) is 6.20. The highest BCUT2D eigenvalue weighted by Gasteiger charge is 2.27. The van der Waals surface area contributed by atoms with Crippen LogP contribution in [0.15, 0.2) is 46.0 Å². The van der Waals surface area contributed by atoms with E-state index in [0.717, 1.165) is 11.6 Å². The molecular formula is C18H14N4O5. The predicted octanol–water partition coefficient (Wildman–Crippen LogP) is 2.13. The van der Waals surface area contributed by atoms with Gasteiger partial charge in [-0.3, -0.25) is 29.4 Å². The molecule has 2 heterocycles. The number of amides is 1. The lowest BCUT2D eigenvalue weighted by atomic mass is 10.1. The monoisotopic (exact) mass is 366 g/mol. The number of aromatic amines is 2. The molecule has 0 saturated carbocycles. The van der Waals surface area contributed by atoms with Crippen LogP contribution in [-0.2, 0) is 11.2 Å². The van der Waals surface area contributed by atoms with Gasteiger partial charge in [-0.05, 0) is 24.5 Å². The zero-order valence-electron chi connectivity index (χ0n) is 14.0. The van der Waals surface area contributed by atoms with Gasteiger partial charge in [0.1, 0.15) is 0 Å². The third-order valence-corrected chi connectivity index (χ3v) is 4.57. The molecule has 136 valence electrons. The average Bonchev–Trinajstić information content (AvgIpc) is 2.80. The molecule has 9 heteroatoms. The lowest BCUT2D eigenvalue weighted by molar-refractivity contribution is -0.384. The summed E-state index contributed by atoms with van der Waals surface area (Å²) in [6.07, 6.45) is 1.59. The lowest BCUT2D eigenvalue weighted by Crippen LogP contribution is -2.31. The molecule has 0 bridgehead atoms. The molecule has 0 radical (unpaired) electrons. The molecule has 1 amide bonds. The number of hydrogen-bond donors (Lipinski definition) is 2. The third kappa shape index (κ3) is 2.78. The molecule has 0 unspecified atom stereocenters. The van der Waals surface area contributed by atoms with E-state index in [-0.39, 0.29) is 34.7 Å². The van der Waals surface area contributed by atoms with Crippen molar-refractivity contribution in [2.24, 2.45) is 0 Å². The summed E-state index contributed by atoms with van der Waals surface area (Å²) < 4.78 is 0. The number of carbonyl (C=O) groups excluding carboxylic acids is 1. The highest BCUT2D eigenvalue weighted by Crippen LogP contribution is 2.37. The Kier molecular flexibility index (Phi) is 3.84. The third-order valence-electron chi connectivity index (χ3n) is 4.57. The van der Waals surface area contributed by atoms with Gasteiger partial charge in [-0.1, -0.05) is 18.2 Å². The van der Waals surface area contributed by atoms with Gasteiger partial charge in [-0.25, -0.2) is 0 Å². The van der Waals surface area contributed by atoms with Gasteiger partial charge >= 0.3 is 11.1 Å². The quantitative estimate of drug-likeness (QED) is 0.408. The number of H-pyrrole nitrogens is 2. The van der Waals surface area contributed by atoms with E-state index in [2.05, 4.69) is 9.97 Å². The van der Waals surface area contributed by atoms with Crippen LogP contribution < -0.4 is 16.0 Å². The summed E-state index contributed by atoms with van der Waals surface area (Å²) in [7, 11) is 0. The van der Waals surface area contributed by atoms with Gasteiger partial charge in [0.2, 0.25) is 5.91 Å². The van der Waals surface area contributed by atoms with Gasteiger partial charge in [-0.2, -0.15) is 0 Å². The summed E-state index contributed by atoms with van der Waals surface area (Å²) in [4.78, 5) is 53.3. The van der Waals surface area contributed by atoms with Crippen LogP contribution in [0.5, 0.6) is 0 Å². The number of nitro groups is 1. The van der Waals surface area contributed by atoms with Crippen LogP contribution in [0.4, 0.5) is 17.1 Å². The lowest BCUT2D eigenvalue weighted by Gasteiger charge is -2.24. The number of aryl methyl sites for hydroxylation is 1. The Morgan fingerprint density at radius 1 is 0.963 bits per heavy atom. The van der Waals surface area contributed by atoms with Crippen molar-refractivity contribution in [3.63, 3.8) is 0 Å². The highest BCUT2D eigenvalue weighted by atomic mass is 16.6. The second-order valence-electron chi connectivity index (χ2n) is 6.26. The van der Waals surface area contributed by atoms with Crippen molar-refractivity contribution in [2.75, 3.05) is 4.90 Å². The molecule has 1 aromatic heterocycles. The van der Waals surface area contributed by atoms with Crippen LogP contribution in [0.3, 0.4) is 0 Å². The van der Waals surface area contributed by atoms with E-state index in [1.165, 1.54) is 11.0 Å². The number of nitro benzene ring substituents is 1. The molecule has 4 rings (SSSR count). The van der Waals surface area contributed by atoms with Crippen molar-refractivity contribution >= 4 is 34.0 Å². The fourth-order valence-corrected chi connectivity index (χ4v) is 3.35. The SMILES string of the molecule is O=C1CCCc2ccccc2N1c1cc([N+](=O)[O-])cc2[nH]c(=O)c(=O)[nH]c12.